The standard InChI is InChI=1S/C28H23NO3/c30-27(25-17-15-24(16-18-25)22-9-5-2-6-10-22)29-26(28(31)32)19-20-11-13-23(14-12-20)21-7-3-1-4-8-21/h1-18,26H,19H2,(H,29,30)(H,31,32)/t26-/m1/s1. The number of carbonyl (C=O) groups is 2. The van der Waals surface area contributed by atoms with Crippen LogP contribution in [0.5, 0.6) is 0 Å². The van der Waals surface area contributed by atoms with Crippen LogP contribution < -0.4 is 5.32 Å². The molecule has 0 aliphatic rings. The fourth-order valence-corrected chi connectivity index (χ4v) is 3.59. The number of carbonyl (C=O) groups excluding carboxylic acids is 1. The largest absolute Gasteiger partial charge is 0.480 e. The van der Waals surface area contributed by atoms with Crippen LogP contribution in [0.2, 0.25) is 0 Å². The molecule has 0 fully saturated rings. The van der Waals surface area contributed by atoms with Crippen LogP contribution in [0.15, 0.2) is 109 Å². The zero-order valence-corrected chi connectivity index (χ0v) is 17.4. The number of rotatable bonds is 7. The second-order valence-corrected chi connectivity index (χ2v) is 7.57. The van der Waals surface area contributed by atoms with E-state index < -0.39 is 17.9 Å². The maximum absolute atomic E-state index is 12.7. The molecule has 0 saturated heterocycles. The van der Waals surface area contributed by atoms with E-state index in [2.05, 4.69) is 5.32 Å². The fourth-order valence-electron chi connectivity index (χ4n) is 3.59. The fraction of sp³-hybridized carbons (Fsp3) is 0.0714. The van der Waals surface area contributed by atoms with Crippen molar-refractivity contribution in [2.75, 3.05) is 0 Å². The minimum Gasteiger partial charge on any atom is -0.480 e. The number of aliphatic carboxylic acids is 1. The first kappa shape index (κ1) is 21.1. The van der Waals surface area contributed by atoms with Crippen molar-refractivity contribution in [3.63, 3.8) is 0 Å². The molecule has 4 rings (SSSR count). The first-order valence-electron chi connectivity index (χ1n) is 10.4. The molecule has 1 amide bonds. The molecule has 0 spiro atoms. The Hall–Kier alpha value is -4.18. The van der Waals surface area contributed by atoms with Gasteiger partial charge in [-0.25, -0.2) is 4.79 Å². The molecular formula is C28H23NO3. The van der Waals surface area contributed by atoms with Crippen molar-refractivity contribution in [2.45, 2.75) is 12.5 Å². The van der Waals surface area contributed by atoms with Gasteiger partial charge in [-0.15, -0.1) is 0 Å². The third kappa shape index (κ3) is 5.10. The summed E-state index contributed by atoms with van der Waals surface area (Å²) in [7, 11) is 0. The smallest absolute Gasteiger partial charge is 0.326 e. The summed E-state index contributed by atoms with van der Waals surface area (Å²) in [5, 5.41) is 12.3. The van der Waals surface area contributed by atoms with Crippen LogP contribution in [-0.2, 0) is 11.2 Å². The normalized spacial score (nSPS) is 11.5. The van der Waals surface area contributed by atoms with Crippen molar-refractivity contribution in [3.05, 3.63) is 120 Å². The number of hydrogen-bond acceptors (Lipinski definition) is 2. The lowest BCUT2D eigenvalue weighted by atomic mass is 10.00. The summed E-state index contributed by atoms with van der Waals surface area (Å²) in [5.74, 6) is -1.47. The second kappa shape index (κ2) is 9.75. The summed E-state index contributed by atoms with van der Waals surface area (Å²) in [5.41, 5.74) is 5.48. The van der Waals surface area contributed by atoms with E-state index >= 15 is 0 Å². The van der Waals surface area contributed by atoms with Gasteiger partial charge >= 0.3 is 5.97 Å². The number of carboxylic acid groups (broad SMARTS) is 1. The Bertz CT molecular complexity index is 1190. The van der Waals surface area contributed by atoms with E-state index in [1.807, 2.05) is 97.1 Å². The molecule has 0 bridgehead atoms. The molecule has 0 aromatic heterocycles. The Kier molecular flexibility index (Phi) is 6.42. The van der Waals surface area contributed by atoms with Gasteiger partial charge in [-0.2, -0.15) is 0 Å². The maximum Gasteiger partial charge on any atom is 0.326 e. The van der Waals surface area contributed by atoms with E-state index in [-0.39, 0.29) is 6.42 Å². The molecule has 158 valence electrons. The lowest BCUT2D eigenvalue weighted by molar-refractivity contribution is -0.139. The van der Waals surface area contributed by atoms with Gasteiger partial charge in [0.1, 0.15) is 6.04 Å². The Morgan fingerprint density at radius 2 is 1.06 bits per heavy atom. The molecule has 4 nitrogen and oxygen atoms in total. The minimum atomic E-state index is -1.06. The van der Waals surface area contributed by atoms with Gasteiger partial charge in [0.25, 0.3) is 5.91 Å². The van der Waals surface area contributed by atoms with Crippen LogP contribution in [0.25, 0.3) is 22.3 Å². The van der Waals surface area contributed by atoms with Crippen LogP contribution >= 0.6 is 0 Å². The third-order valence-electron chi connectivity index (χ3n) is 5.36. The predicted octanol–water partition coefficient (Wildman–Crippen LogP) is 5.45. The highest BCUT2D eigenvalue weighted by atomic mass is 16.4. The molecule has 1 atom stereocenters. The highest BCUT2D eigenvalue weighted by Crippen LogP contribution is 2.21. The van der Waals surface area contributed by atoms with Crippen molar-refractivity contribution in [3.8, 4) is 22.3 Å². The summed E-state index contributed by atoms with van der Waals surface area (Å²) in [4.78, 5) is 24.4. The minimum absolute atomic E-state index is 0.207. The summed E-state index contributed by atoms with van der Waals surface area (Å²) in [6.07, 6.45) is 0.207. The molecule has 0 saturated carbocycles. The topological polar surface area (TPSA) is 66.4 Å². The molecule has 4 aromatic carbocycles. The molecule has 0 aliphatic heterocycles. The van der Waals surface area contributed by atoms with Gasteiger partial charge in [0, 0.05) is 12.0 Å². The maximum atomic E-state index is 12.7. The van der Waals surface area contributed by atoms with Crippen molar-refractivity contribution in [1.29, 1.82) is 0 Å². The van der Waals surface area contributed by atoms with E-state index in [9.17, 15) is 14.7 Å². The molecule has 4 heteroatoms. The van der Waals surface area contributed by atoms with Crippen LogP contribution in [0.3, 0.4) is 0 Å². The highest BCUT2D eigenvalue weighted by molar-refractivity contribution is 5.97. The summed E-state index contributed by atoms with van der Waals surface area (Å²) in [6, 6.07) is 33.7. The molecule has 32 heavy (non-hydrogen) atoms. The zero-order chi connectivity index (χ0) is 22.3. The first-order chi connectivity index (χ1) is 15.6. The quantitative estimate of drug-likeness (QED) is 0.417. The zero-order valence-electron chi connectivity index (χ0n) is 17.4. The van der Waals surface area contributed by atoms with Gasteiger partial charge < -0.3 is 10.4 Å². The van der Waals surface area contributed by atoms with Crippen molar-refractivity contribution < 1.29 is 14.7 Å². The monoisotopic (exact) mass is 421 g/mol. The Morgan fingerprint density at radius 3 is 1.53 bits per heavy atom. The van der Waals surface area contributed by atoms with E-state index in [0.29, 0.717) is 5.56 Å². The second-order valence-electron chi connectivity index (χ2n) is 7.57. The molecule has 0 unspecified atom stereocenters. The summed E-state index contributed by atoms with van der Waals surface area (Å²) >= 11 is 0. The third-order valence-corrected chi connectivity index (χ3v) is 5.36. The molecule has 4 aromatic rings. The van der Waals surface area contributed by atoms with Gasteiger partial charge in [-0.3, -0.25) is 4.79 Å². The average molecular weight is 421 g/mol. The van der Waals surface area contributed by atoms with E-state index in [4.69, 9.17) is 0 Å². The Balaban J connectivity index is 1.43. The van der Waals surface area contributed by atoms with E-state index in [1.54, 1.807) is 12.1 Å². The molecule has 2 N–H and O–H groups in total. The van der Waals surface area contributed by atoms with Crippen molar-refractivity contribution in [2.24, 2.45) is 0 Å². The Labute approximate surface area is 187 Å². The van der Waals surface area contributed by atoms with Crippen LogP contribution in [0.1, 0.15) is 15.9 Å². The average Bonchev–Trinajstić information content (AvgIpc) is 2.85. The van der Waals surface area contributed by atoms with Crippen LogP contribution in [0.4, 0.5) is 0 Å². The number of amides is 1. The van der Waals surface area contributed by atoms with E-state index in [1.165, 1.54) is 0 Å². The Morgan fingerprint density at radius 1 is 0.625 bits per heavy atom. The number of carboxylic acids is 1. The number of benzene rings is 4. The van der Waals surface area contributed by atoms with Gasteiger partial charge in [-0.1, -0.05) is 97.1 Å². The van der Waals surface area contributed by atoms with E-state index in [0.717, 1.165) is 27.8 Å². The number of hydrogen-bond donors (Lipinski definition) is 2. The van der Waals surface area contributed by atoms with Gasteiger partial charge in [0.2, 0.25) is 0 Å². The van der Waals surface area contributed by atoms with Crippen LogP contribution in [-0.4, -0.2) is 23.0 Å². The first-order valence-corrected chi connectivity index (χ1v) is 10.4. The van der Waals surface area contributed by atoms with Gasteiger partial charge in [-0.05, 0) is 39.9 Å². The lowest BCUT2D eigenvalue weighted by Gasteiger charge is -2.15. The predicted molar refractivity (Wildman–Crippen MR) is 126 cm³/mol. The highest BCUT2D eigenvalue weighted by Gasteiger charge is 2.21. The van der Waals surface area contributed by atoms with Gasteiger partial charge in [0.15, 0.2) is 0 Å². The van der Waals surface area contributed by atoms with Crippen molar-refractivity contribution in [1.82, 2.24) is 5.32 Å². The summed E-state index contributed by atoms with van der Waals surface area (Å²) < 4.78 is 0. The van der Waals surface area contributed by atoms with Crippen LogP contribution in [0, 0.1) is 0 Å². The molecule has 0 heterocycles. The lowest BCUT2D eigenvalue weighted by Crippen LogP contribution is -2.42. The molecular weight excluding hydrogens is 398 g/mol. The number of nitrogens with one attached hydrogen (secondary N) is 1. The van der Waals surface area contributed by atoms with Crippen molar-refractivity contribution >= 4 is 11.9 Å². The molecule has 0 radical (unpaired) electrons. The van der Waals surface area contributed by atoms with Gasteiger partial charge in [0.05, 0.1) is 0 Å². The SMILES string of the molecule is O=C(N[C@H](Cc1ccc(-c2ccccc2)cc1)C(=O)O)c1ccc(-c2ccccc2)cc1. The molecule has 0 aliphatic carbocycles. The summed E-state index contributed by atoms with van der Waals surface area (Å²) in [6.45, 7) is 0.